The highest BCUT2D eigenvalue weighted by Crippen LogP contribution is 2.28. The van der Waals surface area contributed by atoms with Crippen molar-refractivity contribution in [3.05, 3.63) is 35.3 Å². The van der Waals surface area contributed by atoms with E-state index in [9.17, 15) is 0 Å². The average Bonchev–Trinajstić information content (AvgIpc) is 2.78. The molecule has 0 aliphatic carbocycles. The second-order valence-corrected chi connectivity index (χ2v) is 5.35. The maximum Gasteiger partial charge on any atom is 0.123 e. The minimum Gasteiger partial charge on any atom is -0.497 e. The highest BCUT2D eigenvalue weighted by Gasteiger charge is 2.18. The molecule has 0 spiro atoms. The van der Waals surface area contributed by atoms with E-state index in [1.54, 1.807) is 18.4 Å². The van der Waals surface area contributed by atoms with Crippen LogP contribution in [0.15, 0.2) is 29.6 Å². The monoisotopic (exact) mass is 248 g/mol. The summed E-state index contributed by atoms with van der Waals surface area (Å²) in [6.07, 6.45) is 0. The van der Waals surface area contributed by atoms with Crippen molar-refractivity contribution < 1.29 is 4.74 Å². The number of benzene rings is 1. The van der Waals surface area contributed by atoms with Crippen molar-refractivity contribution in [1.82, 2.24) is 4.98 Å². The maximum atomic E-state index is 6.02. The number of rotatable bonds is 3. The van der Waals surface area contributed by atoms with Crippen molar-refractivity contribution in [3.63, 3.8) is 0 Å². The summed E-state index contributed by atoms with van der Waals surface area (Å²) in [5, 5.41) is 3.00. The van der Waals surface area contributed by atoms with Gasteiger partial charge in [-0.05, 0) is 38.1 Å². The van der Waals surface area contributed by atoms with E-state index in [4.69, 9.17) is 10.5 Å². The van der Waals surface area contributed by atoms with Gasteiger partial charge in [0.2, 0.25) is 0 Å². The first-order chi connectivity index (χ1) is 8.00. The molecule has 0 saturated heterocycles. The number of nitrogens with two attached hydrogens (primary N) is 1. The van der Waals surface area contributed by atoms with Crippen molar-refractivity contribution in [1.29, 1.82) is 0 Å². The largest absolute Gasteiger partial charge is 0.497 e. The fraction of sp³-hybridized carbons (Fsp3) is 0.308. The van der Waals surface area contributed by atoms with Crippen LogP contribution in [-0.4, -0.2) is 12.1 Å². The first-order valence-corrected chi connectivity index (χ1v) is 6.28. The van der Waals surface area contributed by atoms with Gasteiger partial charge in [-0.2, -0.15) is 0 Å². The molecule has 0 bridgehead atoms. The first kappa shape index (κ1) is 12.1. The van der Waals surface area contributed by atoms with Crippen molar-refractivity contribution >= 4 is 11.3 Å². The van der Waals surface area contributed by atoms with Crippen molar-refractivity contribution in [2.24, 2.45) is 5.73 Å². The van der Waals surface area contributed by atoms with E-state index in [0.29, 0.717) is 0 Å². The van der Waals surface area contributed by atoms with Gasteiger partial charge in [0, 0.05) is 10.9 Å². The highest BCUT2D eigenvalue weighted by molar-refractivity contribution is 7.13. The zero-order valence-electron chi connectivity index (χ0n) is 10.2. The van der Waals surface area contributed by atoms with Gasteiger partial charge in [0.25, 0.3) is 0 Å². The van der Waals surface area contributed by atoms with Crippen LogP contribution in [0.2, 0.25) is 0 Å². The summed E-state index contributed by atoms with van der Waals surface area (Å²) in [6.45, 7) is 3.92. The van der Waals surface area contributed by atoms with E-state index in [2.05, 4.69) is 4.98 Å². The van der Waals surface area contributed by atoms with Crippen molar-refractivity contribution in [2.45, 2.75) is 19.4 Å². The van der Waals surface area contributed by atoms with E-state index in [1.165, 1.54) is 0 Å². The number of methoxy groups -OCH3 is 1. The maximum absolute atomic E-state index is 6.02. The van der Waals surface area contributed by atoms with Gasteiger partial charge in [0.05, 0.1) is 18.3 Å². The summed E-state index contributed by atoms with van der Waals surface area (Å²) in [7, 11) is 1.66. The Morgan fingerprint density at radius 1 is 1.24 bits per heavy atom. The number of ether oxygens (including phenoxy) is 1. The molecule has 1 heterocycles. The molecule has 1 aromatic heterocycles. The topological polar surface area (TPSA) is 48.1 Å². The molecular weight excluding hydrogens is 232 g/mol. The second kappa shape index (κ2) is 4.47. The van der Waals surface area contributed by atoms with Gasteiger partial charge in [0.1, 0.15) is 10.8 Å². The summed E-state index contributed by atoms with van der Waals surface area (Å²) >= 11 is 1.61. The van der Waals surface area contributed by atoms with E-state index in [-0.39, 0.29) is 5.54 Å². The molecule has 2 N–H and O–H groups in total. The van der Waals surface area contributed by atoms with Crippen LogP contribution in [0.3, 0.4) is 0 Å². The third-order valence-electron chi connectivity index (χ3n) is 2.50. The lowest BCUT2D eigenvalue weighted by molar-refractivity contribution is 0.415. The lowest BCUT2D eigenvalue weighted by atomic mass is 10.0. The Kier molecular flexibility index (Phi) is 3.17. The van der Waals surface area contributed by atoms with Crippen molar-refractivity contribution in [3.8, 4) is 16.3 Å². The van der Waals surface area contributed by atoms with Crippen LogP contribution in [0.5, 0.6) is 5.75 Å². The number of hydrogen-bond donors (Lipinski definition) is 1. The van der Waals surface area contributed by atoms with E-state index < -0.39 is 0 Å². The van der Waals surface area contributed by atoms with Crippen LogP contribution in [0.1, 0.15) is 19.5 Å². The molecule has 0 fully saturated rings. The summed E-state index contributed by atoms with van der Waals surface area (Å²) in [4.78, 5) is 4.56. The third kappa shape index (κ3) is 2.65. The molecule has 0 atom stereocenters. The SMILES string of the molecule is COc1ccc(-c2nc(C(C)(C)N)cs2)cc1. The van der Waals surface area contributed by atoms with Gasteiger partial charge in [0.15, 0.2) is 0 Å². The quantitative estimate of drug-likeness (QED) is 0.908. The van der Waals surface area contributed by atoms with Gasteiger partial charge in [-0.25, -0.2) is 4.98 Å². The van der Waals surface area contributed by atoms with Gasteiger partial charge < -0.3 is 10.5 Å². The zero-order valence-corrected chi connectivity index (χ0v) is 11.0. The molecule has 4 heteroatoms. The Hall–Kier alpha value is -1.39. The number of aromatic nitrogens is 1. The average molecular weight is 248 g/mol. The smallest absolute Gasteiger partial charge is 0.123 e. The lowest BCUT2D eigenvalue weighted by Crippen LogP contribution is -2.28. The van der Waals surface area contributed by atoms with E-state index in [1.807, 2.05) is 43.5 Å². The number of hydrogen-bond acceptors (Lipinski definition) is 4. The molecule has 2 rings (SSSR count). The molecule has 1 aromatic carbocycles. The fourth-order valence-corrected chi connectivity index (χ4v) is 2.44. The Morgan fingerprint density at radius 2 is 1.88 bits per heavy atom. The second-order valence-electron chi connectivity index (χ2n) is 4.49. The van der Waals surface area contributed by atoms with Gasteiger partial charge >= 0.3 is 0 Å². The summed E-state index contributed by atoms with van der Waals surface area (Å²) in [5.74, 6) is 0.852. The summed E-state index contributed by atoms with van der Waals surface area (Å²) < 4.78 is 5.13. The minimum absolute atomic E-state index is 0.388. The van der Waals surface area contributed by atoms with Crippen LogP contribution in [0, 0.1) is 0 Å². The molecule has 0 radical (unpaired) electrons. The van der Waals surface area contributed by atoms with E-state index >= 15 is 0 Å². The number of thiazole rings is 1. The normalized spacial score (nSPS) is 11.5. The first-order valence-electron chi connectivity index (χ1n) is 5.40. The van der Waals surface area contributed by atoms with Gasteiger partial charge in [-0.3, -0.25) is 0 Å². The fourth-order valence-electron chi connectivity index (χ4n) is 1.44. The molecular formula is C13H16N2OS. The van der Waals surface area contributed by atoms with Crippen LogP contribution < -0.4 is 10.5 Å². The summed E-state index contributed by atoms with van der Waals surface area (Å²) in [6, 6.07) is 7.88. The Morgan fingerprint density at radius 3 is 2.35 bits per heavy atom. The zero-order chi connectivity index (χ0) is 12.5. The molecule has 0 aliphatic rings. The Bertz CT molecular complexity index is 497. The molecule has 0 aliphatic heterocycles. The third-order valence-corrected chi connectivity index (χ3v) is 3.39. The van der Waals surface area contributed by atoms with Crippen LogP contribution in [-0.2, 0) is 5.54 Å². The van der Waals surface area contributed by atoms with Crippen LogP contribution in [0.25, 0.3) is 10.6 Å². The van der Waals surface area contributed by atoms with Crippen LogP contribution in [0.4, 0.5) is 0 Å². The van der Waals surface area contributed by atoms with Crippen molar-refractivity contribution in [2.75, 3.05) is 7.11 Å². The number of nitrogens with zero attached hydrogens (tertiary/aromatic N) is 1. The standard InChI is InChI=1S/C13H16N2OS/c1-13(2,14)11-8-17-12(15-11)9-4-6-10(16-3)7-5-9/h4-8H,14H2,1-3H3. The summed E-state index contributed by atoms with van der Waals surface area (Å²) in [5.41, 5.74) is 7.64. The van der Waals surface area contributed by atoms with Gasteiger partial charge in [-0.1, -0.05) is 0 Å². The highest BCUT2D eigenvalue weighted by atomic mass is 32.1. The molecule has 90 valence electrons. The molecule has 17 heavy (non-hydrogen) atoms. The Labute approximate surface area is 105 Å². The molecule has 3 nitrogen and oxygen atoms in total. The lowest BCUT2D eigenvalue weighted by Gasteiger charge is -2.14. The molecule has 0 unspecified atom stereocenters. The predicted octanol–water partition coefficient (Wildman–Crippen LogP) is 3.01. The Balaban J connectivity index is 2.30. The molecule has 0 saturated carbocycles. The molecule has 0 amide bonds. The minimum atomic E-state index is -0.388. The van der Waals surface area contributed by atoms with Crippen LogP contribution >= 0.6 is 11.3 Å². The molecule has 2 aromatic rings. The predicted molar refractivity (Wildman–Crippen MR) is 71.3 cm³/mol. The van der Waals surface area contributed by atoms with Gasteiger partial charge in [-0.15, -0.1) is 11.3 Å². The van der Waals surface area contributed by atoms with E-state index in [0.717, 1.165) is 22.0 Å².